The van der Waals surface area contributed by atoms with E-state index in [0.29, 0.717) is 0 Å². The van der Waals surface area contributed by atoms with E-state index in [1.807, 2.05) is 0 Å². The summed E-state index contributed by atoms with van der Waals surface area (Å²) in [6, 6.07) is 0.853. The Morgan fingerprint density at radius 1 is 1.48 bits per heavy atom. The van der Waals surface area contributed by atoms with Crippen LogP contribution in [0.5, 0.6) is 0 Å². The van der Waals surface area contributed by atoms with Crippen LogP contribution in [0.3, 0.4) is 0 Å². The van der Waals surface area contributed by atoms with Crippen LogP contribution in [0.25, 0.3) is 0 Å². The molecule has 21 heavy (non-hydrogen) atoms. The predicted molar refractivity (Wildman–Crippen MR) is 76.2 cm³/mol. The lowest BCUT2D eigenvalue weighted by atomic mass is 10.3. The molecule has 4 N–H and O–H groups in total. The number of hydrogen-bond donors (Lipinski definition) is 2. The summed E-state index contributed by atoms with van der Waals surface area (Å²) in [6.07, 6.45) is 0. The van der Waals surface area contributed by atoms with Crippen molar-refractivity contribution in [2.24, 2.45) is 5.73 Å². The Morgan fingerprint density at radius 3 is 2.76 bits per heavy atom. The first-order valence-electron chi connectivity index (χ1n) is 5.88. The number of hydrogen-bond acceptors (Lipinski definition) is 5. The second-order valence-corrected chi connectivity index (χ2v) is 7.13. The van der Waals surface area contributed by atoms with E-state index < -0.39 is 27.8 Å². The van der Waals surface area contributed by atoms with Gasteiger partial charge in [-0.25, -0.2) is 12.8 Å². The smallest absolute Gasteiger partial charge is 0.245 e. The summed E-state index contributed by atoms with van der Waals surface area (Å²) in [4.78, 5) is 11.2. The van der Waals surface area contributed by atoms with Gasteiger partial charge in [-0.3, -0.25) is 4.79 Å². The molecule has 0 aliphatic carbocycles. The lowest BCUT2D eigenvalue weighted by molar-refractivity contribution is -0.125. The lowest BCUT2D eigenvalue weighted by Crippen LogP contribution is -2.54. The molecular weight excluding hydrogens is 369 g/mol. The number of carbonyl (C=O) groups excluding carboxylic acids is 1. The first-order valence-corrected chi connectivity index (χ1v) is 8.12. The molecule has 1 unspecified atom stereocenters. The van der Waals surface area contributed by atoms with Crippen molar-refractivity contribution >= 4 is 37.5 Å². The van der Waals surface area contributed by atoms with Crippen molar-refractivity contribution in [3.8, 4) is 0 Å². The first-order chi connectivity index (χ1) is 9.75. The van der Waals surface area contributed by atoms with E-state index in [0.717, 1.165) is 16.4 Å². The predicted octanol–water partition coefficient (Wildman–Crippen LogP) is 0.0452. The van der Waals surface area contributed by atoms with Crippen LogP contribution in [0.1, 0.15) is 0 Å². The Labute approximate surface area is 129 Å². The topological polar surface area (TPSA) is 116 Å². The molecule has 1 amide bonds. The Balaban J connectivity index is 2.50. The molecule has 116 valence electrons. The third-order valence-electron chi connectivity index (χ3n) is 3.05. The molecule has 7 nitrogen and oxygen atoms in total. The third kappa shape index (κ3) is 3.03. The molecule has 1 saturated heterocycles. The minimum atomic E-state index is -4.07. The van der Waals surface area contributed by atoms with E-state index >= 15 is 0 Å². The molecular formula is C11H13BrFN3O4S. The van der Waals surface area contributed by atoms with Crippen LogP contribution in [-0.2, 0) is 19.6 Å². The van der Waals surface area contributed by atoms with Crippen molar-refractivity contribution in [1.29, 1.82) is 0 Å². The number of halogens is 2. The number of benzene rings is 1. The maximum Gasteiger partial charge on any atom is 0.245 e. The van der Waals surface area contributed by atoms with Gasteiger partial charge in [-0.1, -0.05) is 0 Å². The van der Waals surface area contributed by atoms with E-state index in [4.69, 9.17) is 16.2 Å². The van der Waals surface area contributed by atoms with Gasteiger partial charge in [-0.15, -0.1) is 0 Å². The largest absolute Gasteiger partial charge is 0.396 e. The molecule has 0 saturated carbocycles. The molecule has 0 bridgehead atoms. The van der Waals surface area contributed by atoms with E-state index in [1.54, 1.807) is 0 Å². The monoisotopic (exact) mass is 381 g/mol. The first kappa shape index (κ1) is 16.1. The van der Waals surface area contributed by atoms with Gasteiger partial charge >= 0.3 is 0 Å². The number of amides is 1. The van der Waals surface area contributed by atoms with E-state index in [2.05, 4.69) is 15.9 Å². The van der Waals surface area contributed by atoms with Gasteiger partial charge in [0.1, 0.15) is 11.9 Å². The van der Waals surface area contributed by atoms with Crippen molar-refractivity contribution in [1.82, 2.24) is 4.31 Å². The van der Waals surface area contributed by atoms with Crippen LogP contribution in [-0.4, -0.2) is 44.4 Å². The zero-order valence-electron chi connectivity index (χ0n) is 10.8. The number of nitrogen functional groups attached to an aromatic ring is 1. The van der Waals surface area contributed by atoms with Gasteiger partial charge in [-0.05, 0) is 28.1 Å². The van der Waals surface area contributed by atoms with Crippen LogP contribution in [0.2, 0.25) is 0 Å². The van der Waals surface area contributed by atoms with Gasteiger partial charge < -0.3 is 16.2 Å². The highest BCUT2D eigenvalue weighted by Crippen LogP contribution is 2.30. The van der Waals surface area contributed by atoms with Crippen molar-refractivity contribution in [3.05, 3.63) is 22.4 Å². The Morgan fingerprint density at radius 2 is 2.14 bits per heavy atom. The molecule has 1 heterocycles. The summed E-state index contributed by atoms with van der Waals surface area (Å²) in [6.45, 7) is -0.0141. The fourth-order valence-electron chi connectivity index (χ4n) is 1.97. The Bertz CT molecular complexity index is 682. The summed E-state index contributed by atoms with van der Waals surface area (Å²) in [5.41, 5.74) is 10.3. The standard InChI is InChI=1S/C11H13BrFN3O4S/c12-6-3-7(13)8(14)4-10(6)21(18,19)16-1-2-20-5-9(16)11(15)17/h3-4,9H,1-2,5,14H2,(H2,15,17). The summed E-state index contributed by atoms with van der Waals surface area (Å²) < 4.78 is 44.7. The Hall–Kier alpha value is -1.23. The summed E-state index contributed by atoms with van der Waals surface area (Å²) >= 11 is 2.99. The van der Waals surface area contributed by atoms with Crippen LogP contribution < -0.4 is 11.5 Å². The van der Waals surface area contributed by atoms with Gasteiger partial charge in [0, 0.05) is 11.0 Å². The zero-order valence-corrected chi connectivity index (χ0v) is 13.2. The molecule has 0 spiro atoms. The molecule has 1 aliphatic rings. The van der Waals surface area contributed by atoms with Crippen molar-refractivity contribution in [2.45, 2.75) is 10.9 Å². The molecule has 1 atom stereocenters. The van der Waals surface area contributed by atoms with Crippen molar-refractivity contribution in [3.63, 3.8) is 0 Å². The average Bonchev–Trinajstić information content (AvgIpc) is 2.42. The zero-order chi connectivity index (χ0) is 15.8. The second-order valence-electron chi connectivity index (χ2n) is 4.41. The summed E-state index contributed by atoms with van der Waals surface area (Å²) in [7, 11) is -4.07. The summed E-state index contributed by atoms with van der Waals surface area (Å²) in [5.74, 6) is -1.56. The number of carbonyl (C=O) groups is 1. The highest BCUT2D eigenvalue weighted by Gasteiger charge is 2.38. The molecule has 1 aromatic rings. The lowest BCUT2D eigenvalue weighted by Gasteiger charge is -2.32. The third-order valence-corrected chi connectivity index (χ3v) is 5.91. The number of morpholine rings is 1. The molecule has 0 aromatic heterocycles. The number of ether oxygens (including phenoxy) is 1. The minimum Gasteiger partial charge on any atom is -0.396 e. The number of sulfonamides is 1. The van der Waals surface area contributed by atoms with Gasteiger partial charge in [0.05, 0.1) is 23.8 Å². The van der Waals surface area contributed by atoms with E-state index in [1.165, 1.54) is 0 Å². The average molecular weight is 382 g/mol. The number of anilines is 1. The fraction of sp³-hybridized carbons (Fsp3) is 0.364. The van der Waals surface area contributed by atoms with E-state index in [9.17, 15) is 17.6 Å². The molecule has 1 fully saturated rings. The minimum absolute atomic E-state index is 0.0175. The van der Waals surface area contributed by atoms with Crippen molar-refractivity contribution in [2.75, 3.05) is 25.5 Å². The maximum absolute atomic E-state index is 13.3. The molecule has 1 aromatic carbocycles. The quantitative estimate of drug-likeness (QED) is 0.717. The normalized spacial score (nSPS) is 20.4. The van der Waals surface area contributed by atoms with Gasteiger partial charge in [0.2, 0.25) is 15.9 Å². The number of nitrogens with two attached hydrogens (primary N) is 2. The van der Waals surface area contributed by atoms with Crippen LogP contribution in [0.4, 0.5) is 10.1 Å². The Kier molecular flexibility index (Phi) is 4.51. The fourth-order valence-corrected chi connectivity index (χ4v) is 4.55. The van der Waals surface area contributed by atoms with Gasteiger partial charge in [0.15, 0.2) is 0 Å². The van der Waals surface area contributed by atoms with Crippen LogP contribution >= 0.6 is 15.9 Å². The molecule has 1 aliphatic heterocycles. The van der Waals surface area contributed by atoms with Gasteiger partial charge in [-0.2, -0.15) is 4.31 Å². The number of rotatable bonds is 3. The van der Waals surface area contributed by atoms with Crippen LogP contribution in [0.15, 0.2) is 21.5 Å². The summed E-state index contributed by atoms with van der Waals surface area (Å²) in [5, 5.41) is 0. The van der Waals surface area contributed by atoms with Crippen molar-refractivity contribution < 1.29 is 22.3 Å². The number of nitrogens with zero attached hydrogens (tertiary/aromatic N) is 1. The SMILES string of the molecule is NC(=O)C1COCCN1S(=O)(=O)c1cc(N)c(F)cc1Br. The highest BCUT2D eigenvalue weighted by atomic mass is 79.9. The number of primary amides is 1. The molecule has 0 radical (unpaired) electrons. The molecule has 2 rings (SSSR count). The van der Waals surface area contributed by atoms with Crippen LogP contribution in [0, 0.1) is 5.82 Å². The maximum atomic E-state index is 13.3. The highest BCUT2D eigenvalue weighted by molar-refractivity contribution is 9.10. The second kappa shape index (κ2) is 5.87. The van der Waals surface area contributed by atoms with E-state index in [-0.39, 0.29) is 34.8 Å². The molecule has 10 heteroatoms. The van der Waals surface area contributed by atoms with Gasteiger partial charge in [0.25, 0.3) is 0 Å².